The van der Waals surface area contributed by atoms with Crippen LogP contribution in [0.2, 0.25) is 0 Å². The zero-order valence-electron chi connectivity index (χ0n) is 10.8. The highest BCUT2D eigenvalue weighted by Crippen LogP contribution is 2.58. The molecule has 5 atom stereocenters. The molecule has 1 aromatic heterocycles. The van der Waals surface area contributed by atoms with Crippen molar-refractivity contribution in [1.82, 2.24) is 15.3 Å². The molecule has 1 N–H and O–H groups in total. The predicted octanol–water partition coefficient (Wildman–Crippen LogP) is 2.39. The molecule has 3 heteroatoms. The lowest BCUT2D eigenvalue weighted by atomic mass is 9.79. The Morgan fingerprint density at radius 2 is 2.06 bits per heavy atom. The van der Waals surface area contributed by atoms with Gasteiger partial charge in [-0.15, -0.1) is 0 Å². The molecule has 0 spiro atoms. The molecule has 0 radical (unpaired) electrons. The molecule has 3 saturated carbocycles. The Morgan fingerprint density at radius 1 is 1.11 bits per heavy atom. The average Bonchev–Trinajstić information content (AvgIpc) is 3.09. The molecule has 4 rings (SSSR count). The highest BCUT2D eigenvalue weighted by molar-refractivity contribution is 5.06. The van der Waals surface area contributed by atoms with E-state index >= 15 is 0 Å². The predicted molar refractivity (Wildman–Crippen MR) is 69.7 cm³/mol. The van der Waals surface area contributed by atoms with Gasteiger partial charge >= 0.3 is 0 Å². The lowest BCUT2D eigenvalue weighted by Gasteiger charge is -2.32. The molecular formula is C15H21N3. The first-order valence-corrected chi connectivity index (χ1v) is 7.40. The van der Waals surface area contributed by atoms with Crippen LogP contribution >= 0.6 is 0 Å². The monoisotopic (exact) mass is 243 g/mol. The van der Waals surface area contributed by atoms with E-state index in [2.05, 4.69) is 15.3 Å². The SMILES string of the molecule is c1cnc(CN[C@@H]2C[C@@H]3C[C@H]2[C@@H]2CCC[C@H]32)cn1. The van der Waals surface area contributed by atoms with Crippen LogP contribution in [0.4, 0.5) is 0 Å². The van der Waals surface area contributed by atoms with Crippen LogP contribution in [0.3, 0.4) is 0 Å². The van der Waals surface area contributed by atoms with E-state index in [0.29, 0.717) is 0 Å². The van der Waals surface area contributed by atoms with Gasteiger partial charge in [-0.1, -0.05) is 6.42 Å². The Hall–Kier alpha value is -0.960. The first kappa shape index (κ1) is 10.9. The van der Waals surface area contributed by atoms with Crippen molar-refractivity contribution in [3.63, 3.8) is 0 Å². The lowest BCUT2D eigenvalue weighted by Crippen LogP contribution is -2.39. The van der Waals surface area contributed by atoms with Gasteiger partial charge < -0.3 is 5.32 Å². The number of hydrogen-bond donors (Lipinski definition) is 1. The normalized spacial score (nSPS) is 41.2. The number of aromatic nitrogens is 2. The summed E-state index contributed by atoms with van der Waals surface area (Å²) < 4.78 is 0. The Morgan fingerprint density at radius 3 is 2.94 bits per heavy atom. The number of hydrogen-bond acceptors (Lipinski definition) is 3. The van der Waals surface area contributed by atoms with Crippen LogP contribution in [0, 0.1) is 23.7 Å². The number of rotatable bonds is 3. The van der Waals surface area contributed by atoms with E-state index in [4.69, 9.17) is 0 Å². The van der Waals surface area contributed by atoms with Crippen LogP contribution in [0.25, 0.3) is 0 Å². The van der Waals surface area contributed by atoms with Gasteiger partial charge in [0, 0.05) is 31.2 Å². The van der Waals surface area contributed by atoms with E-state index < -0.39 is 0 Å². The summed E-state index contributed by atoms with van der Waals surface area (Å²) in [7, 11) is 0. The second kappa shape index (κ2) is 4.30. The van der Waals surface area contributed by atoms with Crippen molar-refractivity contribution in [3.05, 3.63) is 24.3 Å². The largest absolute Gasteiger partial charge is 0.308 e. The molecule has 18 heavy (non-hydrogen) atoms. The standard InChI is InChI=1S/C15H21N3/c1-2-12-10-6-14(13(12)3-1)15(7-10)18-9-11-8-16-4-5-17-11/h4-5,8,10,12-15,18H,1-3,6-7,9H2/t10-,12+,13+,14-,15+/m0/s1. The van der Waals surface area contributed by atoms with E-state index in [9.17, 15) is 0 Å². The van der Waals surface area contributed by atoms with Crippen LogP contribution in [0.1, 0.15) is 37.8 Å². The molecule has 3 aliphatic carbocycles. The minimum atomic E-state index is 0.747. The van der Waals surface area contributed by atoms with Crippen molar-refractivity contribution >= 4 is 0 Å². The number of nitrogens with zero attached hydrogens (tertiary/aromatic N) is 2. The molecule has 0 aromatic carbocycles. The van der Waals surface area contributed by atoms with Gasteiger partial charge in [0.25, 0.3) is 0 Å². The van der Waals surface area contributed by atoms with E-state index in [1.165, 1.54) is 32.1 Å². The first-order valence-electron chi connectivity index (χ1n) is 7.40. The van der Waals surface area contributed by atoms with Crippen LogP contribution < -0.4 is 5.32 Å². The molecule has 1 heterocycles. The maximum atomic E-state index is 4.34. The van der Waals surface area contributed by atoms with Crippen LogP contribution in [-0.2, 0) is 6.54 Å². The molecule has 3 aliphatic rings. The van der Waals surface area contributed by atoms with Gasteiger partial charge in [-0.2, -0.15) is 0 Å². The van der Waals surface area contributed by atoms with Crippen molar-refractivity contribution in [3.8, 4) is 0 Å². The maximum Gasteiger partial charge on any atom is 0.0724 e. The Labute approximate surface area is 108 Å². The zero-order chi connectivity index (χ0) is 11.9. The van der Waals surface area contributed by atoms with Crippen LogP contribution in [-0.4, -0.2) is 16.0 Å². The first-order chi connectivity index (χ1) is 8.92. The Bertz CT molecular complexity index is 419. The summed E-state index contributed by atoms with van der Waals surface area (Å²) in [6.45, 7) is 0.888. The summed E-state index contributed by atoms with van der Waals surface area (Å²) in [6, 6.07) is 0.747. The second-order valence-corrected chi connectivity index (χ2v) is 6.34. The van der Waals surface area contributed by atoms with Gasteiger partial charge in [0.15, 0.2) is 0 Å². The fraction of sp³-hybridized carbons (Fsp3) is 0.733. The summed E-state index contributed by atoms with van der Waals surface area (Å²) in [5, 5.41) is 3.74. The highest BCUT2D eigenvalue weighted by atomic mass is 15.0. The molecular weight excluding hydrogens is 222 g/mol. The van der Waals surface area contributed by atoms with Gasteiger partial charge in [-0.05, 0) is 49.4 Å². The third-order valence-electron chi connectivity index (χ3n) is 5.59. The molecule has 0 amide bonds. The molecule has 0 unspecified atom stereocenters. The quantitative estimate of drug-likeness (QED) is 0.885. The van der Waals surface area contributed by atoms with E-state index in [0.717, 1.165) is 42.0 Å². The van der Waals surface area contributed by atoms with Gasteiger partial charge in [-0.25, -0.2) is 0 Å². The minimum Gasteiger partial charge on any atom is -0.308 e. The molecule has 0 saturated heterocycles. The summed E-state index contributed by atoms with van der Waals surface area (Å²) in [5.74, 6) is 4.12. The topological polar surface area (TPSA) is 37.8 Å². The summed E-state index contributed by atoms with van der Waals surface area (Å²) in [6.07, 6.45) is 12.8. The third-order valence-corrected chi connectivity index (χ3v) is 5.59. The maximum absolute atomic E-state index is 4.34. The van der Waals surface area contributed by atoms with Crippen molar-refractivity contribution < 1.29 is 0 Å². The summed E-state index contributed by atoms with van der Waals surface area (Å²) >= 11 is 0. The Kier molecular flexibility index (Phi) is 2.61. The molecule has 0 aliphatic heterocycles. The smallest absolute Gasteiger partial charge is 0.0724 e. The molecule has 3 fully saturated rings. The van der Waals surface area contributed by atoms with Crippen molar-refractivity contribution in [2.75, 3.05) is 0 Å². The molecule has 1 aromatic rings. The lowest BCUT2D eigenvalue weighted by molar-refractivity contribution is 0.207. The van der Waals surface area contributed by atoms with Gasteiger partial charge in [-0.3, -0.25) is 9.97 Å². The molecule has 3 nitrogen and oxygen atoms in total. The average molecular weight is 243 g/mol. The van der Waals surface area contributed by atoms with Gasteiger partial charge in [0.05, 0.1) is 5.69 Å². The van der Waals surface area contributed by atoms with Crippen LogP contribution in [0.5, 0.6) is 0 Å². The Balaban J connectivity index is 1.40. The van der Waals surface area contributed by atoms with E-state index in [-0.39, 0.29) is 0 Å². The summed E-state index contributed by atoms with van der Waals surface area (Å²) in [4.78, 5) is 8.47. The van der Waals surface area contributed by atoms with Gasteiger partial charge in [0.1, 0.15) is 0 Å². The number of fused-ring (bicyclic) bond motifs is 5. The second-order valence-electron chi connectivity index (χ2n) is 6.34. The third kappa shape index (κ3) is 1.68. The van der Waals surface area contributed by atoms with Crippen molar-refractivity contribution in [2.24, 2.45) is 23.7 Å². The summed E-state index contributed by atoms with van der Waals surface area (Å²) in [5.41, 5.74) is 1.07. The number of nitrogens with one attached hydrogen (secondary N) is 1. The fourth-order valence-corrected chi connectivity index (χ4v) is 4.96. The zero-order valence-corrected chi connectivity index (χ0v) is 10.8. The molecule has 2 bridgehead atoms. The van der Waals surface area contributed by atoms with Crippen molar-refractivity contribution in [2.45, 2.75) is 44.7 Å². The highest BCUT2D eigenvalue weighted by Gasteiger charge is 2.53. The molecule has 96 valence electrons. The minimum absolute atomic E-state index is 0.747. The van der Waals surface area contributed by atoms with Crippen LogP contribution in [0.15, 0.2) is 18.6 Å². The van der Waals surface area contributed by atoms with E-state index in [1.807, 2.05) is 6.20 Å². The van der Waals surface area contributed by atoms with Gasteiger partial charge in [0.2, 0.25) is 0 Å². The van der Waals surface area contributed by atoms with E-state index in [1.54, 1.807) is 12.4 Å². The van der Waals surface area contributed by atoms with Crippen molar-refractivity contribution in [1.29, 1.82) is 0 Å². The fourth-order valence-electron chi connectivity index (χ4n) is 4.96.